The number of hydrogen-bond acceptors (Lipinski definition) is 2. The Morgan fingerprint density at radius 3 is 2.41 bits per heavy atom. The summed E-state index contributed by atoms with van der Waals surface area (Å²) in [7, 11) is 0. The van der Waals surface area contributed by atoms with Crippen LogP contribution >= 0.6 is 0 Å². The van der Waals surface area contributed by atoms with Crippen molar-refractivity contribution in [3.8, 4) is 11.8 Å². The van der Waals surface area contributed by atoms with Crippen LogP contribution in [-0.2, 0) is 5.60 Å². The van der Waals surface area contributed by atoms with Crippen molar-refractivity contribution in [1.29, 1.82) is 0 Å². The lowest BCUT2D eigenvalue weighted by Crippen LogP contribution is -2.18. The molecule has 0 saturated carbocycles. The van der Waals surface area contributed by atoms with E-state index in [-0.39, 0.29) is 0 Å². The minimum Gasteiger partial charge on any atom is -0.374 e. The van der Waals surface area contributed by atoms with Gasteiger partial charge in [0, 0.05) is 6.20 Å². The van der Waals surface area contributed by atoms with E-state index >= 15 is 0 Å². The average molecular weight is 223 g/mol. The molecule has 0 aliphatic heterocycles. The molecule has 1 atom stereocenters. The largest absolute Gasteiger partial charge is 0.374 e. The van der Waals surface area contributed by atoms with Gasteiger partial charge in [0.15, 0.2) is 0 Å². The highest BCUT2D eigenvalue weighted by Crippen LogP contribution is 2.18. The minimum atomic E-state index is -1.15. The SMILES string of the molecule is C[C@@](O)(C#Cc1ccccn1)c1ccccc1. The molecule has 17 heavy (non-hydrogen) atoms. The van der Waals surface area contributed by atoms with Crippen molar-refractivity contribution in [2.45, 2.75) is 12.5 Å². The van der Waals surface area contributed by atoms with Gasteiger partial charge in [-0.25, -0.2) is 4.98 Å². The van der Waals surface area contributed by atoms with Gasteiger partial charge in [0.2, 0.25) is 0 Å². The summed E-state index contributed by atoms with van der Waals surface area (Å²) in [5.74, 6) is 5.71. The molecule has 0 spiro atoms. The van der Waals surface area contributed by atoms with E-state index in [1.165, 1.54) is 0 Å². The molecule has 0 radical (unpaired) electrons. The lowest BCUT2D eigenvalue weighted by molar-refractivity contribution is 0.122. The zero-order valence-corrected chi connectivity index (χ0v) is 9.59. The highest BCUT2D eigenvalue weighted by molar-refractivity contribution is 5.35. The summed E-state index contributed by atoms with van der Waals surface area (Å²) in [6.45, 7) is 1.68. The van der Waals surface area contributed by atoms with Crippen LogP contribution in [-0.4, -0.2) is 10.1 Å². The van der Waals surface area contributed by atoms with Gasteiger partial charge in [0.05, 0.1) is 0 Å². The van der Waals surface area contributed by atoms with Gasteiger partial charge < -0.3 is 5.11 Å². The Bertz CT molecular complexity index is 535. The van der Waals surface area contributed by atoms with Crippen LogP contribution in [0.25, 0.3) is 0 Å². The zero-order valence-electron chi connectivity index (χ0n) is 9.59. The molecule has 1 aromatic carbocycles. The summed E-state index contributed by atoms with van der Waals surface area (Å²) >= 11 is 0. The molecule has 0 aliphatic carbocycles. The Morgan fingerprint density at radius 1 is 1.06 bits per heavy atom. The fourth-order valence-electron chi connectivity index (χ4n) is 1.46. The maximum atomic E-state index is 10.2. The second kappa shape index (κ2) is 4.82. The molecular weight excluding hydrogens is 210 g/mol. The average Bonchev–Trinajstić information content (AvgIpc) is 2.39. The lowest BCUT2D eigenvalue weighted by Gasteiger charge is -2.16. The Morgan fingerprint density at radius 2 is 1.76 bits per heavy atom. The Hall–Kier alpha value is -2.11. The number of aromatic nitrogens is 1. The summed E-state index contributed by atoms with van der Waals surface area (Å²) in [6.07, 6.45) is 1.68. The normalized spacial score (nSPS) is 13.3. The molecule has 2 aromatic rings. The molecule has 1 heterocycles. The summed E-state index contributed by atoms with van der Waals surface area (Å²) in [6, 6.07) is 14.9. The van der Waals surface area contributed by atoms with Gasteiger partial charge >= 0.3 is 0 Å². The highest BCUT2D eigenvalue weighted by Gasteiger charge is 2.18. The summed E-state index contributed by atoms with van der Waals surface area (Å²) in [5.41, 5.74) is 0.283. The highest BCUT2D eigenvalue weighted by atomic mass is 16.3. The van der Waals surface area contributed by atoms with Crippen molar-refractivity contribution in [2.75, 3.05) is 0 Å². The maximum Gasteiger partial charge on any atom is 0.148 e. The van der Waals surface area contributed by atoms with E-state index in [9.17, 15) is 5.11 Å². The fourth-order valence-corrected chi connectivity index (χ4v) is 1.46. The minimum absolute atomic E-state index is 0.656. The van der Waals surface area contributed by atoms with E-state index in [2.05, 4.69) is 16.8 Å². The number of pyridine rings is 1. The summed E-state index contributed by atoms with van der Waals surface area (Å²) in [5, 5.41) is 10.2. The lowest BCUT2D eigenvalue weighted by atomic mass is 9.97. The second-order valence-corrected chi connectivity index (χ2v) is 3.90. The van der Waals surface area contributed by atoms with Crippen LogP contribution in [0, 0.1) is 11.8 Å². The van der Waals surface area contributed by atoms with Crippen LogP contribution in [0.1, 0.15) is 18.2 Å². The smallest absolute Gasteiger partial charge is 0.148 e. The molecule has 84 valence electrons. The molecule has 0 unspecified atom stereocenters. The molecule has 0 bridgehead atoms. The van der Waals surface area contributed by atoms with Crippen molar-refractivity contribution in [3.63, 3.8) is 0 Å². The first-order valence-corrected chi connectivity index (χ1v) is 5.40. The Balaban J connectivity index is 2.27. The van der Waals surface area contributed by atoms with Crippen LogP contribution in [0.3, 0.4) is 0 Å². The fraction of sp³-hybridized carbons (Fsp3) is 0.133. The predicted molar refractivity (Wildman–Crippen MR) is 67.1 cm³/mol. The van der Waals surface area contributed by atoms with Crippen LogP contribution in [0.15, 0.2) is 54.7 Å². The van der Waals surface area contributed by atoms with Crippen LogP contribution in [0.5, 0.6) is 0 Å². The van der Waals surface area contributed by atoms with Crippen LogP contribution < -0.4 is 0 Å². The monoisotopic (exact) mass is 223 g/mol. The van der Waals surface area contributed by atoms with Crippen molar-refractivity contribution in [2.24, 2.45) is 0 Å². The van der Waals surface area contributed by atoms with Crippen molar-refractivity contribution >= 4 is 0 Å². The summed E-state index contributed by atoms with van der Waals surface area (Å²) < 4.78 is 0. The molecular formula is C15H13NO. The molecule has 2 nitrogen and oxygen atoms in total. The van der Waals surface area contributed by atoms with Gasteiger partial charge in [-0.3, -0.25) is 0 Å². The molecule has 0 aliphatic rings. The summed E-state index contributed by atoms with van der Waals surface area (Å²) in [4.78, 5) is 4.09. The third kappa shape index (κ3) is 2.93. The number of benzene rings is 1. The van der Waals surface area contributed by atoms with Crippen LogP contribution in [0.4, 0.5) is 0 Å². The van der Waals surface area contributed by atoms with Gasteiger partial charge in [-0.1, -0.05) is 42.3 Å². The first-order valence-electron chi connectivity index (χ1n) is 5.40. The molecule has 0 saturated heterocycles. The molecule has 2 heteroatoms. The van der Waals surface area contributed by atoms with Crippen molar-refractivity contribution < 1.29 is 5.11 Å². The van der Waals surface area contributed by atoms with E-state index in [4.69, 9.17) is 0 Å². The zero-order chi connectivity index (χ0) is 12.1. The van der Waals surface area contributed by atoms with Gasteiger partial charge in [-0.2, -0.15) is 0 Å². The van der Waals surface area contributed by atoms with Crippen LogP contribution in [0.2, 0.25) is 0 Å². The van der Waals surface area contributed by atoms with E-state index < -0.39 is 5.60 Å². The molecule has 0 fully saturated rings. The number of nitrogens with zero attached hydrogens (tertiary/aromatic N) is 1. The van der Waals surface area contributed by atoms with Crippen molar-refractivity contribution in [1.82, 2.24) is 4.98 Å². The first kappa shape index (κ1) is 11.4. The maximum absolute atomic E-state index is 10.2. The second-order valence-electron chi connectivity index (χ2n) is 3.90. The Labute approximate surface area is 101 Å². The third-order valence-corrected chi connectivity index (χ3v) is 2.43. The van der Waals surface area contributed by atoms with Crippen molar-refractivity contribution in [3.05, 3.63) is 66.0 Å². The number of aliphatic hydroxyl groups is 1. The van der Waals surface area contributed by atoms with E-state index in [1.54, 1.807) is 13.1 Å². The molecule has 0 amide bonds. The van der Waals surface area contributed by atoms with Gasteiger partial charge in [-0.05, 0) is 30.5 Å². The number of hydrogen-bond donors (Lipinski definition) is 1. The Kier molecular flexibility index (Phi) is 3.22. The molecule has 1 aromatic heterocycles. The van der Waals surface area contributed by atoms with Gasteiger partial charge in [0.25, 0.3) is 0 Å². The predicted octanol–water partition coefficient (Wildman–Crippen LogP) is 2.34. The topological polar surface area (TPSA) is 33.1 Å². The van der Waals surface area contributed by atoms with E-state index in [0.29, 0.717) is 5.69 Å². The third-order valence-electron chi connectivity index (χ3n) is 2.43. The number of rotatable bonds is 1. The van der Waals surface area contributed by atoms with Gasteiger partial charge in [-0.15, -0.1) is 0 Å². The van der Waals surface area contributed by atoms with E-state index in [0.717, 1.165) is 5.56 Å². The first-order chi connectivity index (χ1) is 8.18. The quantitative estimate of drug-likeness (QED) is 0.753. The molecule has 2 rings (SSSR count). The van der Waals surface area contributed by atoms with Gasteiger partial charge in [0.1, 0.15) is 11.3 Å². The van der Waals surface area contributed by atoms with E-state index in [1.807, 2.05) is 48.5 Å². The molecule has 1 N–H and O–H groups in total. The standard InChI is InChI=1S/C15H13NO/c1-15(17,13-7-3-2-4-8-13)11-10-14-9-5-6-12-16-14/h2-9,12,17H,1H3/t15-/m1/s1.